The molecule has 4 nitrogen and oxygen atoms in total. The van der Waals surface area contributed by atoms with Gasteiger partial charge in [0, 0.05) is 27.1 Å². The number of thiocarbonyl (C=S) groups is 1. The summed E-state index contributed by atoms with van der Waals surface area (Å²) >= 11 is 4.98. The van der Waals surface area contributed by atoms with Crippen LogP contribution in [-0.4, -0.2) is 41.6 Å². The van der Waals surface area contributed by atoms with E-state index in [2.05, 4.69) is 17.6 Å². The molecule has 13 heavy (non-hydrogen) atoms. The van der Waals surface area contributed by atoms with Crippen LogP contribution >= 0.6 is 12.2 Å². The molecule has 0 atom stereocenters. The van der Waals surface area contributed by atoms with Crippen molar-refractivity contribution in [2.24, 2.45) is 0 Å². The summed E-state index contributed by atoms with van der Waals surface area (Å²) in [5.41, 5.74) is -0.0498. The van der Waals surface area contributed by atoms with Crippen LogP contribution in [0.25, 0.3) is 0 Å². The Morgan fingerprint density at radius 3 is 2.46 bits per heavy atom. The molecule has 2 N–H and O–H groups in total. The van der Waals surface area contributed by atoms with Gasteiger partial charge in [0.15, 0.2) is 5.11 Å². The number of likely N-dealkylation sites (tertiary alicyclic amines) is 1. The molecule has 0 unspecified atom stereocenters. The molecule has 1 amide bonds. The predicted octanol–water partition coefficient (Wildman–Crippen LogP) is -0.299. The van der Waals surface area contributed by atoms with Crippen molar-refractivity contribution in [2.45, 2.75) is 19.4 Å². The Morgan fingerprint density at radius 1 is 1.54 bits per heavy atom. The third kappa shape index (κ3) is 2.30. The fraction of sp³-hybridized carbons (Fsp3) is 0.750. The Balaban J connectivity index is 2.38. The lowest BCUT2D eigenvalue weighted by molar-refractivity contribution is -0.136. The first kappa shape index (κ1) is 10.2. The largest absolute Gasteiger partial charge is 0.366 e. The molecule has 1 rings (SSSR count). The van der Waals surface area contributed by atoms with E-state index < -0.39 is 0 Å². The van der Waals surface area contributed by atoms with Crippen LogP contribution in [0.1, 0.15) is 13.8 Å². The fourth-order valence-electron chi connectivity index (χ4n) is 1.43. The Kier molecular flexibility index (Phi) is 2.75. The summed E-state index contributed by atoms with van der Waals surface area (Å²) in [6, 6.07) is 0. The van der Waals surface area contributed by atoms with E-state index in [4.69, 9.17) is 12.2 Å². The van der Waals surface area contributed by atoms with Crippen LogP contribution in [0.15, 0.2) is 0 Å². The number of hydrogen-bond acceptors (Lipinski definition) is 2. The number of carbonyl (C=O) groups is 1. The van der Waals surface area contributed by atoms with E-state index in [9.17, 15) is 4.79 Å². The SMILES string of the molecule is CNC(=S)NC1(C)CN(C(C)=O)C1. The normalized spacial score (nSPS) is 18.8. The molecule has 5 heteroatoms. The van der Waals surface area contributed by atoms with Crippen LogP contribution in [0.4, 0.5) is 0 Å². The van der Waals surface area contributed by atoms with Crippen molar-refractivity contribution >= 4 is 23.2 Å². The lowest BCUT2D eigenvalue weighted by Crippen LogP contribution is -2.70. The number of hydrogen-bond donors (Lipinski definition) is 2. The van der Waals surface area contributed by atoms with E-state index >= 15 is 0 Å². The number of nitrogens with one attached hydrogen (secondary N) is 2. The van der Waals surface area contributed by atoms with Crippen molar-refractivity contribution in [2.75, 3.05) is 20.1 Å². The summed E-state index contributed by atoms with van der Waals surface area (Å²) in [5, 5.41) is 6.63. The van der Waals surface area contributed by atoms with Gasteiger partial charge < -0.3 is 15.5 Å². The first-order chi connectivity index (χ1) is 5.97. The second-order valence-electron chi connectivity index (χ2n) is 3.64. The van der Waals surface area contributed by atoms with Gasteiger partial charge in [0.05, 0.1) is 5.54 Å². The van der Waals surface area contributed by atoms with Crippen LogP contribution in [0.3, 0.4) is 0 Å². The third-order valence-corrected chi connectivity index (χ3v) is 2.47. The molecule has 0 aliphatic carbocycles. The summed E-state index contributed by atoms with van der Waals surface area (Å²) in [6.07, 6.45) is 0. The Labute approximate surface area is 83.7 Å². The minimum atomic E-state index is -0.0498. The molecule has 74 valence electrons. The maximum atomic E-state index is 10.9. The van der Waals surface area contributed by atoms with Gasteiger partial charge >= 0.3 is 0 Å². The van der Waals surface area contributed by atoms with Gasteiger partial charge in [-0.15, -0.1) is 0 Å². The van der Waals surface area contributed by atoms with Crippen molar-refractivity contribution < 1.29 is 4.79 Å². The maximum absolute atomic E-state index is 10.9. The van der Waals surface area contributed by atoms with Crippen molar-refractivity contribution in [1.29, 1.82) is 0 Å². The Hall–Kier alpha value is -0.840. The maximum Gasteiger partial charge on any atom is 0.219 e. The quantitative estimate of drug-likeness (QED) is 0.572. The molecule has 0 aromatic heterocycles. The van der Waals surface area contributed by atoms with E-state index in [1.54, 1.807) is 18.9 Å². The zero-order valence-electron chi connectivity index (χ0n) is 8.18. The van der Waals surface area contributed by atoms with Gasteiger partial charge in [0.2, 0.25) is 5.91 Å². The van der Waals surface area contributed by atoms with Crippen molar-refractivity contribution in [3.8, 4) is 0 Å². The molecule has 0 saturated carbocycles. The summed E-state index contributed by atoms with van der Waals surface area (Å²) in [4.78, 5) is 12.7. The summed E-state index contributed by atoms with van der Waals surface area (Å²) in [7, 11) is 1.78. The molecule has 0 aromatic rings. The summed E-state index contributed by atoms with van der Waals surface area (Å²) < 4.78 is 0. The highest BCUT2D eigenvalue weighted by Gasteiger charge is 2.40. The zero-order chi connectivity index (χ0) is 10.1. The zero-order valence-corrected chi connectivity index (χ0v) is 8.99. The van der Waals surface area contributed by atoms with E-state index in [1.165, 1.54) is 0 Å². The molecular weight excluding hydrogens is 186 g/mol. The topological polar surface area (TPSA) is 44.4 Å². The van der Waals surface area contributed by atoms with Crippen molar-refractivity contribution in [1.82, 2.24) is 15.5 Å². The molecule has 1 heterocycles. The molecular formula is C8H15N3OS. The van der Waals surface area contributed by atoms with Gasteiger partial charge in [0.1, 0.15) is 0 Å². The average Bonchev–Trinajstić information content (AvgIpc) is 1.99. The second kappa shape index (κ2) is 3.49. The van der Waals surface area contributed by atoms with E-state index in [1.807, 2.05) is 0 Å². The minimum Gasteiger partial charge on any atom is -0.366 e. The highest BCUT2D eigenvalue weighted by Crippen LogP contribution is 2.19. The van der Waals surface area contributed by atoms with Gasteiger partial charge in [-0.3, -0.25) is 4.79 Å². The lowest BCUT2D eigenvalue weighted by atomic mass is 9.92. The Bertz CT molecular complexity index is 236. The second-order valence-corrected chi connectivity index (χ2v) is 4.05. The van der Waals surface area contributed by atoms with Gasteiger partial charge in [-0.05, 0) is 19.1 Å². The smallest absolute Gasteiger partial charge is 0.219 e. The highest BCUT2D eigenvalue weighted by atomic mass is 32.1. The molecule has 0 bridgehead atoms. The molecule has 1 aliphatic heterocycles. The summed E-state index contributed by atoms with van der Waals surface area (Å²) in [5.74, 6) is 0.120. The number of carbonyl (C=O) groups excluding carboxylic acids is 1. The number of amides is 1. The minimum absolute atomic E-state index is 0.0498. The first-order valence-electron chi connectivity index (χ1n) is 4.22. The molecule has 1 aliphatic rings. The van der Waals surface area contributed by atoms with E-state index in [0.29, 0.717) is 5.11 Å². The lowest BCUT2D eigenvalue weighted by Gasteiger charge is -2.48. The highest BCUT2D eigenvalue weighted by molar-refractivity contribution is 7.80. The van der Waals surface area contributed by atoms with E-state index in [0.717, 1.165) is 13.1 Å². The molecule has 1 saturated heterocycles. The van der Waals surface area contributed by atoms with Gasteiger partial charge in [-0.2, -0.15) is 0 Å². The van der Waals surface area contributed by atoms with Crippen LogP contribution in [0.5, 0.6) is 0 Å². The van der Waals surface area contributed by atoms with Crippen LogP contribution in [0, 0.1) is 0 Å². The number of nitrogens with zero attached hydrogens (tertiary/aromatic N) is 1. The average molecular weight is 201 g/mol. The van der Waals surface area contributed by atoms with Crippen LogP contribution < -0.4 is 10.6 Å². The monoisotopic (exact) mass is 201 g/mol. The third-order valence-electron chi connectivity index (χ3n) is 2.17. The molecule has 1 fully saturated rings. The van der Waals surface area contributed by atoms with Crippen molar-refractivity contribution in [3.63, 3.8) is 0 Å². The standard InChI is InChI=1S/C8H15N3OS/c1-6(12)11-4-8(2,5-11)10-7(13)9-3/h4-5H2,1-3H3,(H2,9,10,13). The van der Waals surface area contributed by atoms with E-state index in [-0.39, 0.29) is 11.4 Å². The fourth-order valence-corrected chi connectivity index (χ4v) is 1.68. The molecule has 0 radical (unpaired) electrons. The van der Waals surface area contributed by atoms with Crippen molar-refractivity contribution in [3.05, 3.63) is 0 Å². The summed E-state index contributed by atoms with van der Waals surface area (Å²) in [6.45, 7) is 5.08. The van der Waals surface area contributed by atoms with Gasteiger partial charge in [-0.1, -0.05) is 0 Å². The van der Waals surface area contributed by atoms with Crippen LogP contribution in [-0.2, 0) is 4.79 Å². The van der Waals surface area contributed by atoms with Gasteiger partial charge in [-0.25, -0.2) is 0 Å². The first-order valence-corrected chi connectivity index (χ1v) is 4.63. The number of rotatable bonds is 1. The Morgan fingerprint density at radius 2 is 2.08 bits per heavy atom. The van der Waals surface area contributed by atoms with Crippen LogP contribution in [0.2, 0.25) is 0 Å². The van der Waals surface area contributed by atoms with Gasteiger partial charge in [0.25, 0.3) is 0 Å². The predicted molar refractivity (Wildman–Crippen MR) is 55.5 cm³/mol. The molecule has 0 spiro atoms. The molecule has 0 aromatic carbocycles.